The Hall–Kier alpha value is -0.120. The molecule has 0 fully saturated rings. The molecule has 26 valence electrons. The molecule has 0 amide bonds. The third kappa shape index (κ3) is 101. The molecule has 0 atom stereocenters. The van der Waals surface area contributed by atoms with Crippen LogP contribution in [0, 0.1) is 9.71 Å². The zero-order valence-corrected chi connectivity index (χ0v) is 3.35. The van der Waals surface area contributed by atoms with Crippen molar-refractivity contribution in [3.8, 4) is 0 Å². The van der Waals surface area contributed by atoms with Crippen molar-refractivity contribution in [1.29, 1.82) is 0 Å². The molecule has 0 aromatic carbocycles. The fraction of sp³-hybridized carbons (Fsp3) is 0. The van der Waals surface area contributed by atoms with Gasteiger partial charge in [-0.25, -0.2) is 0 Å². The first-order valence-electron chi connectivity index (χ1n) is 0.333. The van der Waals surface area contributed by atoms with E-state index >= 15 is 0 Å². The first-order chi connectivity index (χ1) is 1.41. The Labute approximate surface area is 32.9 Å². The Kier molecular flexibility index (Phi) is 29.9. The summed E-state index contributed by atoms with van der Waals surface area (Å²) >= 11 is 0. The SMILES string of the molecule is Br.O=[O+][O-]. The Morgan fingerprint density at radius 2 is 1.75 bits per heavy atom. The summed E-state index contributed by atoms with van der Waals surface area (Å²) in [5.74, 6) is 0. The van der Waals surface area contributed by atoms with Crippen LogP contribution in [0.25, 0.3) is 0 Å². The van der Waals surface area contributed by atoms with Crippen LogP contribution in [0.15, 0.2) is 0 Å². The normalized spacial score (nSPS) is 3.00. The standard InChI is InChI=1S/BrH.O3/c;1-3-2/h1H;. The van der Waals surface area contributed by atoms with Crippen LogP contribution in [-0.2, 0) is 0 Å². The van der Waals surface area contributed by atoms with Gasteiger partial charge in [0.25, 0.3) is 0 Å². The lowest BCUT2D eigenvalue weighted by atomic mass is 14.8. The smallest absolute Gasteiger partial charge is 0.114 e. The lowest BCUT2D eigenvalue weighted by Crippen LogP contribution is -1.82. The largest absolute Gasteiger partial charge is 0.154 e. The predicted molar refractivity (Wildman–Crippen MR) is 17.1 cm³/mol. The van der Waals surface area contributed by atoms with Crippen LogP contribution in [-0.4, -0.2) is 0 Å². The molecule has 3 nitrogen and oxygen atoms in total. The highest BCUT2D eigenvalue weighted by molar-refractivity contribution is 8.93. The van der Waals surface area contributed by atoms with E-state index in [-0.39, 0.29) is 17.0 Å². The van der Waals surface area contributed by atoms with Gasteiger partial charge in [-0.3, -0.25) is 0 Å². The van der Waals surface area contributed by atoms with Gasteiger partial charge >= 0.3 is 0 Å². The molecule has 0 bridgehead atoms. The molecule has 4 heteroatoms. The molecule has 0 aromatic rings. The van der Waals surface area contributed by atoms with Gasteiger partial charge in [-0.2, -0.15) is 0 Å². The molecule has 0 heterocycles. The second kappa shape index (κ2) is 13.1. The van der Waals surface area contributed by atoms with Gasteiger partial charge in [0, 0.05) is 0 Å². The van der Waals surface area contributed by atoms with Crippen LogP contribution in [0.4, 0.5) is 0 Å². The number of hydrogen-bond acceptors (Lipinski definition) is 2. The second-order valence-corrected chi connectivity index (χ2v) is 0.0680. The third-order valence-corrected chi connectivity index (χ3v) is 0. The van der Waals surface area contributed by atoms with E-state index in [0.29, 0.717) is 0 Å². The molecular formula is HBrO3. The van der Waals surface area contributed by atoms with Gasteiger partial charge in [0.1, 0.15) is 0 Å². The Morgan fingerprint density at radius 1 is 1.75 bits per heavy atom. The van der Waals surface area contributed by atoms with Crippen LogP contribution in [0.3, 0.4) is 0 Å². The minimum absolute atomic E-state index is 0. The van der Waals surface area contributed by atoms with Gasteiger partial charge in [0.05, 0.1) is 0 Å². The molecule has 4 heavy (non-hydrogen) atoms. The molecule has 0 aliphatic carbocycles. The van der Waals surface area contributed by atoms with Crippen molar-refractivity contribution in [2.24, 2.45) is 0 Å². The van der Waals surface area contributed by atoms with E-state index in [9.17, 15) is 0 Å². The molecule has 0 unspecified atom stereocenters. The van der Waals surface area contributed by atoms with E-state index < -0.39 is 0 Å². The van der Waals surface area contributed by atoms with Crippen molar-refractivity contribution in [3.05, 3.63) is 9.71 Å². The fourth-order valence-electron chi connectivity index (χ4n) is 0. The van der Waals surface area contributed by atoms with Crippen molar-refractivity contribution >= 4 is 17.0 Å². The third-order valence-electron chi connectivity index (χ3n) is 0. The predicted octanol–water partition coefficient (Wildman–Crippen LogP) is -0.544. The summed E-state index contributed by atoms with van der Waals surface area (Å²) in [5, 5.41) is 7.88. The van der Waals surface area contributed by atoms with Crippen LogP contribution in [0.2, 0.25) is 0 Å². The van der Waals surface area contributed by atoms with E-state index in [0.717, 1.165) is 0 Å². The summed E-state index contributed by atoms with van der Waals surface area (Å²) < 4.78 is 1.75. The van der Waals surface area contributed by atoms with Crippen LogP contribution in [0.5, 0.6) is 0 Å². The summed E-state index contributed by atoms with van der Waals surface area (Å²) in [5.41, 5.74) is 0. The van der Waals surface area contributed by atoms with Gasteiger partial charge in [0.2, 0.25) is 0 Å². The maximum absolute atomic E-state index is 7.88. The second-order valence-electron chi connectivity index (χ2n) is 0.0680. The minimum Gasteiger partial charge on any atom is -0.114 e. The quantitative estimate of drug-likeness (QED) is 0.250. The molecule has 0 saturated heterocycles. The van der Waals surface area contributed by atoms with Crippen LogP contribution in [0.1, 0.15) is 0 Å². The van der Waals surface area contributed by atoms with Gasteiger partial charge < -0.3 is 0 Å². The summed E-state index contributed by atoms with van der Waals surface area (Å²) in [7, 11) is 0. The number of hydrogen-bond donors (Lipinski definition) is 0. The highest BCUT2D eigenvalue weighted by Gasteiger charge is 1.27. The topological polar surface area (TPSA) is 51.4 Å². The Bertz CT molecular complexity index is 10.8. The maximum Gasteiger partial charge on any atom is 0.154 e. The summed E-state index contributed by atoms with van der Waals surface area (Å²) in [6, 6.07) is 0. The monoisotopic (exact) mass is 128 g/mol. The van der Waals surface area contributed by atoms with Gasteiger partial charge in [-0.05, 0) is 0 Å². The van der Waals surface area contributed by atoms with Crippen molar-refractivity contribution in [2.45, 2.75) is 0 Å². The minimum atomic E-state index is 0. The summed E-state index contributed by atoms with van der Waals surface area (Å²) in [4.78, 5) is 7.88. The highest BCUT2D eigenvalue weighted by atomic mass is 79.9. The molecule has 0 rings (SSSR count). The van der Waals surface area contributed by atoms with Gasteiger partial charge in [-0.1, -0.05) is 10.2 Å². The van der Waals surface area contributed by atoms with Crippen molar-refractivity contribution < 1.29 is 5.26 Å². The maximum atomic E-state index is 7.88. The Morgan fingerprint density at radius 3 is 1.75 bits per heavy atom. The van der Waals surface area contributed by atoms with Crippen LogP contribution >= 0.6 is 17.0 Å². The molecule has 0 aliphatic heterocycles. The average Bonchev–Trinajstić information content (AvgIpc) is 0.918. The first-order valence-corrected chi connectivity index (χ1v) is 0.333. The molecule has 0 aromatic heterocycles. The van der Waals surface area contributed by atoms with Crippen LogP contribution < -0.4 is 5.26 Å². The summed E-state index contributed by atoms with van der Waals surface area (Å²) in [6.07, 6.45) is 0. The first kappa shape index (κ1) is 9.11. The zero-order valence-electron chi connectivity index (χ0n) is 1.63. The lowest BCUT2D eigenvalue weighted by molar-refractivity contribution is -0.284. The highest BCUT2D eigenvalue weighted by Crippen LogP contribution is 1.00. The zero-order chi connectivity index (χ0) is 2.71. The fourth-order valence-corrected chi connectivity index (χ4v) is 0. The lowest BCUT2D eigenvalue weighted by Gasteiger charge is -1.19. The number of halogens is 1. The van der Waals surface area contributed by atoms with Crippen molar-refractivity contribution in [3.63, 3.8) is 0 Å². The Balaban J connectivity index is 0. The molecule has 0 saturated carbocycles. The molecule has 0 radical (unpaired) electrons. The summed E-state index contributed by atoms with van der Waals surface area (Å²) in [6.45, 7) is 0. The van der Waals surface area contributed by atoms with E-state index in [1.165, 1.54) is 0 Å². The van der Waals surface area contributed by atoms with Crippen molar-refractivity contribution in [2.75, 3.05) is 0 Å². The van der Waals surface area contributed by atoms with Crippen molar-refractivity contribution in [1.82, 2.24) is 0 Å². The van der Waals surface area contributed by atoms with Gasteiger partial charge in [0.15, 0.2) is 4.75 Å². The average molecular weight is 129 g/mol. The molecule has 0 aliphatic rings. The van der Waals surface area contributed by atoms with E-state index in [1.807, 2.05) is 0 Å². The van der Waals surface area contributed by atoms with Gasteiger partial charge in [-0.15, -0.1) is 17.0 Å². The van der Waals surface area contributed by atoms with E-state index in [2.05, 4.69) is 0 Å². The number of rotatable bonds is 0. The molecule has 0 spiro atoms. The van der Waals surface area contributed by atoms with E-state index in [1.54, 1.807) is 4.75 Å². The molecule has 0 N–H and O–H groups in total. The molecular weight excluding hydrogens is 128 g/mol. The van der Waals surface area contributed by atoms with E-state index in [4.69, 9.17) is 10.2 Å².